The van der Waals surface area contributed by atoms with Crippen LogP contribution in [-0.4, -0.2) is 7.05 Å². The van der Waals surface area contributed by atoms with Gasteiger partial charge in [-0.05, 0) is 13.8 Å². The Hall–Kier alpha value is -0.900. The molecule has 0 saturated heterocycles. The van der Waals surface area contributed by atoms with Gasteiger partial charge >= 0.3 is 0 Å². The molecule has 0 saturated carbocycles. The Morgan fingerprint density at radius 1 is 1.56 bits per heavy atom. The van der Waals surface area contributed by atoms with Crippen LogP contribution in [-0.2, 0) is 0 Å². The normalized spacial score (nSPS) is 7.00. The summed E-state index contributed by atoms with van der Waals surface area (Å²) in [6.45, 7) is 4.14. The van der Waals surface area contributed by atoms with E-state index in [2.05, 4.69) is 37.2 Å². The summed E-state index contributed by atoms with van der Waals surface area (Å²) < 4.78 is 0. The van der Waals surface area contributed by atoms with E-state index in [1.807, 2.05) is 7.05 Å². The van der Waals surface area contributed by atoms with Gasteiger partial charge in [0.2, 0.25) is 0 Å². The second kappa shape index (κ2) is 5.24. The van der Waals surface area contributed by atoms with Crippen LogP contribution in [0.25, 0.3) is 0 Å². The van der Waals surface area contributed by atoms with Crippen molar-refractivity contribution >= 4 is 0 Å². The fraction of sp³-hybridized carbons (Fsp3) is 0.500. The average Bonchev–Trinajstić information content (AvgIpc) is 1.80. The maximum Gasteiger partial charge on any atom is 0.0290 e. The van der Waals surface area contributed by atoms with Crippen LogP contribution >= 0.6 is 0 Å². The number of rotatable bonds is 1. The van der Waals surface area contributed by atoms with Crippen molar-refractivity contribution in [3.05, 3.63) is 11.6 Å². The highest BCUT2D eigenvalue weighted by Gasteiger charge is 1.71. The van der Waals surface area contributed by atoms with Crippen molar-refractivity contribution in [2.75, 3.05) is 7.05 Å². The van der Waals surface area contributed by atoms with Gasteiger partial charge in [-0.3, -0.25) is 0 Å². The first-order valence-electron chi connectivity index (χ1n) is 3.05. The van der Waals surface area contributed by atoms with E-state index in [0.29, 0.717) is 0 Å². The fourth-order valence-corrected chi connectivity index (χ4v) is 0.395. The summed E-state index contributed by atoms with van der Waals surface area (Å²) in [6, 6.07) is 2.76. The van der Waals surface area contributed by atoms with Crippen molar-refractivity contribution < 1.29 is 0 Å². The number of nitrogens with one attached hydrogen (secondary N) is 1. The molecular formula is C8H13N. The standard InChI is InChI=1S/C8H13N/c1-8(2)6-4-5-7-9-3/h6,9H,4H2,1-3H3. The maximum atomic E-state index is 2.93. The predicted molar refractivity (Wildman–Crippen MR) is 40.9 cm³/mol. The molecule has 0 rings (SSSR count). The topological polar surface area (TPSA) is 12.0 Å². The van der Waals surface area contributed by atoms with E-state index in [0.717, 1.165) is 6.42 Å². The van der Waals surface area contributed by atoms with Crippen molar-refractivity contribution in [1.82, 2.24) is 5.32 Å². The second-order valence-corrected chi connectivity index (χ2v) is 2.04. The molecule has 0 aromatic rings. The molecule has 0 heterocycles. The molecule has 9 heavy (non-hydrogen) atoms. The molecule has 1 N–H and O–H groups in total. The molecule has 0 aromatic heterocycles. The van der Waals surface area contributed by atoms with Gasteiger partial charge in [-0.1, -0.05) is 17.6 Å². The minimum Gasteiger partial charge on any atom is -0.349 e. The summed E-state index contributed by atoms with van der Waals surface area (Å²) in [5.41, 5.74) is 1.32. The highest BCUT2D eigenvalue weighted by molar-refractivity contribution is 5.05. The van der Waals surface area contributed by atoms with Crippen LogP contribution in [0.15, 0.2) is 11.6 Å². The molecule has 0 fully saturated rings. The zero-order chi connectivity index (χ0) is 7.11. The molecule has 0 aliphatic rings. The van der Waals surface area contributed by atoms with Crippen LogP contribution < -0.4 is 5.32 Å². The number of hydrogen-bond donors (Lipinski definition) is 1. The molecule has 1 heteroatoms. The molecule has 0 unspecified atom stereocenters. The van der Waals surface area contributed by atoms with Crippen LogP contribution in [0.5, 0.6) is 0 Å². The molecular weight excluding hydrogens is 110 g/mol. The van der Waals surface area contributed by atoms with Gasteiger partial charge in [-0.2, -0.15) is 0 Å². The lowest BCUT2D eigenvalue weighted by Crippen LogP contribution is -1.91. The third-order valence-corrected chi connectivity index (χ3v) is 0.826. The van der Waals surface area contributed by atoms with Crippen molar-refractivity contribution in [3.63, 3.8) is 0 Å². The Labute approximate surface area is 57.2 Å². The summed E-state index contributed by atoms with van der Waals surface area (Å²) in [7, 11) is 1.81. The lowest BCUT2D eigenvalue weighted by atomic mass is 10.3. The van der Waals surface area contributed by atoms with Crippen LogP contribution in [0.3, 0.4) is 0 Å². The van der Waals surface area contributed by atoms with Gasteiger partial charge in [-0.25, -0.2) is 0 Å². The van der Waals surface area contributed by atoms with E-state index in [-0.39, 0.29) is 0 Å². The lowest BCUT2D eigenvalue weighted by molar-refractivity contribution is 1.15. The molecule has 0 amide bonds. The zero-order valence-corrected chi connectivity index (χ0v) is 6.28. The van der Waals surface area contributed by atoms with Crippen LogP contribution in [0.2, 0.25) is 0 Å². The molecule has 0 atom stereocenters. The minimum atomic E-state index is 0.850. The van der Waals surface area contributed by atoms with Gasteiger partial charge < -0.3 is 5.32 Å². The van der Waals surface area contributed by atoms with E-state index in [1.54, 1.807) is 0 Å². The first-order valence-corrected chi connectivity index (χ1v) is 3.05. The van der Waals surface area contributed by atoms with E-state index < -0.39 is 0 Å². The van der Waals surface area contributed by atoms with Gasteiger partial charge in [0.05, 0.1) is 0 Å². The Morgan fingerprint density at radius 3 is 2.67 bits per heavy atom. The van der Waals surface area contributed by atoms with Crippen molar-refractivity contribution in [2.24, 2.45) is 0 Å². The van der Waals surface area contributed by atoms with Crippen molar-refractivity contribution in [2.45, 2.75) is 20.3 Å². The van der Waals surface area contributed by atoms with E-state index in [1.165, 1.54) is 5.57 Å². The van der Waals surface area contributed by atoms with Crippen LogP contribution in [0.4, 0.5) is 0 Å². The molecule has 0 aromatic carbocycles. The van der Waals surface area contributed by atoms with Gasteiger partial charge in [0, 0.05) is 19.5 Å². The Kier molecular flexibility index (Phi) is 4.72. The molecule has 0 radical (unpaired) electrons. The quantitative estimate of drug-likeness (QED) is 0.317. The monoisotopic (exact) mass is 123 g/mol. The van der Waals surface area contributed by atoms with Gasteiger partial charge in [0.1, 0.15) is 0 Å². The molecule has 1 nitrogen and oxygen atoms in total. The van der Waals surface area contributed by atoms with Crippen molar-refractivity contribution in [1.29, 1.82) is 0 Å². The van der Waals surface area contributed by atoms with E-state index in [4.69, 9.17) is 0 Å². The Balaban J connectivity index is 3.40. The maximum absolute atomic E-state index is 2.93. The Bertz CT molecular complexity index is 142. The highest BCUT2D eigenvalue weighted by atomic mass is 14.8. The molecule has 50 valence electrons. The largest absolute Gasteiger partial charge is 0.349 e. The SMILES string of the molecule is CNC#CCC=C(C)C. The van der Waals surface area contributed by atoms with Crippen LogP contribution in [0, 0.1) is 12.0 Å². The number of hydrogen-bond acceptors (Lipinski definition) is 1. The summed E-state index contributed by atoms with van der Waals surface area (Å²) in [6.07, 6.45) is 2.95. The minimum absolute atomic E-state index is 0.850. The first kappa shape index (κ1) is 8.10. The Morgan fingerprint density at radius 2 is 2.22 bits per heavy atom. The molecule has 0 aliphatic heterocycles. The first-order chi connectivity index (χ1) is 4.27. The molecule has 0 spiro atoms. The van der Waals surface area contributed by atoms with E-state index >= 15 is 0 Å². The fourth-order valence-electron chi connectivity index (χ4n) is 0.395. The second-order valence-electron chi connectivity index (χ2n) is 2.04. The third kappa shape index (κ3) is 7.10. The smallest absolute Gasteiger partial charge is 0.0290 e. The van der Waals surface area contributed by atoms with Gasteiger partial charge in [-0.15, -0.1) is 0 Å². The third-order valence-electron chi connectivity index (χ3n) is 0.826. The van der Waals surface area contributed by atoms with Gasteiger partial charge in [0.15, 0.2) is 0 Å². The van der Waals surface area contributed by atoms with E-state index in [9.17, 15) is 0 Å². The average molecular weight is 123 g/mol. The number of allylic oxidation sites excluding steroid dienone is 2. The molecule has 0 aliphatic carbocycles. The summed E-state index contributed by atoms with van der Waals surface area (Å²) >= 11 is 0. The summed E-state index contributed by atoms with van der Waals surface area (Å²) in [5, 5.41) is 2.75. The highest BCUT2D eigenvalue weighted by Crippen LogP contribution is 1.89. The van der Waals surface area contributed by atoms with Gasteiger partial charge in [0.25, 0.3) is 0 Å². The zero-order valence-electron chi connectivity index (χ0n) is 6.28. The predicted octanol–water partition coefficient (Wildman–Crippen LogP) is 1.52. The van der Waals surface area contributed by atoms with Crippen molar-refractivity contribution in [3.8, 4) is 12.0 Å². The molecule has 0 bridgehead atoms. The summed E-state index contributed by atoms with van der Waals surface area (Å²) in [4.78, 5) is 0. The lowest BCUT2D eigenvalue weighted by Gasteiger charge is -1.82. The summed E-state index contributed by atoms with van der Waals surface area (Å²) in [5.74, 6) is 2.93. The van der Waals surface area contributed by atoms with Crippen LogP contribution in [0.1, 0.15) is 20.3 Å².